The fraction of sp³-hybridized carbons (Fsp3) is 0.429. The van der Waals surface area contributed by atoms with Crippen LogP contribution in [0, 0.1) is 0 Å². The molecule has 0 aliphatic carbocycles. The van der Waals surface area contributed by atoms with Crippen LogP contribution in [0.15, 0.2) is 6.07 Å². The van der Waals surface area contributed by atoms with Crippen molar-refractivity contribution in [3.63, 3.8) is 0 Å². The summed E-state index contributed by atoms with van der Waals surface area (Å²) >= 11 is 11.3. The molecule has 1 N–H and O–H groups in total. The monoisotopic (exact) mass is 222 g/mol. The number of halogens is 2. The fourth-order valence-electron chi connectivity index (χ4n) is 0.736. The average Bonchev–Trinajstić information content (AvgIpc) is 2.11. The van der Waals surface area contributed by atoms with Crippen molar-refractivity contribution >= 4 is 23.2 Å². The van der Waals surface area contributed by atoms with Gasteiger partial charge in [0.1, 0.15) is 0 Å². The predicted octanol–water partition coefficient (Wildman–Crippen LogP) is 1.29. The number of ether oxygens (including phenoxy) is 1. The Bertz CT molecular complexity index is 283. The first-order valence-corrected chi connectivity index (χ1v) is 4.36. The van der Waals surface area contributed by atoms with Crippen molar-refractivity contribution in [2.45, 2.75) is 6.61 Å². The van der Waals surface area contributed by atoms with E-state index in [1.807, 2.05) is 0 Å². The summed E-state index contributed by atoms with van der Waals surface area (Å²) < 4.78 is 5.04. The van der Waals surface area contributed by atoms with Gasteiger partial charge in [0.15, 0.2) is 10.3 Å². The second-order valence-corrected chi connectivity index (χ2v) is 3.00. The molecule has 0 fully saturated rings. The smallest absolute Gasteiger partial charge is 0.157 e. The Labute approximate surface area is 85.4 Å². The normalized spacial score (nSPS) is 10.4. The maximum Gasteiger partial charge on any atom is 0.157 e. The quantitative estimate of drug-likeness (QED) is 0.781. The van der Waals surface area contributed by atoms with Crippen molar-refractivity contribution in [2.24, 2.45) is 0 Å². The van der Waals surface area contributed by atoms with Crippen molar-refractivity contribution in [3.8, 4) is 0 Å². The van der Waals surface area contributed by atoms with Crippen LogP contribution in [0.2, 0.25) is 10.3 Å². The molecule has 4 nitrogen and oxygen atoms in total. The van der Waals surface area contributed by atoms with Crippen LogP contribution in [0.5, 0.6) is 0 Å². The zero-order valence-corrected chi connectivity index (χ0v) is 8.22. The molecule has 0 aromatic carbocycles. The SMILES string of the molecule is OCCOCc1cc(Cl)nnc1Cl. The van der Waals surface area contributed by atoms with Gasteiger partial charge >= 0.3 is 0 Å². The molecule has 0 radical (unpaired) electrons. The second kappa shape index (κ2) is 5.34. The lowest BCUT2D eigenvalue weighted by Crippen LogP contribution is -2.01. The molecule has 1 rings (SSSR count). The van der Waals surface area contributed by atoms with Crippen molar-refractivity contribution < 1.29 is 9.84 Å². The molecule has 0 atom stereocenters. The van der Waals surface area contributed by atoms with Crippen molar-refractivity contribution in [1.82, 2.24) is 10.2 Å². The van der Waals surface area contributed by atoms with Gasteiger partial charge in [-0.2, -0.15) is 0 Å². The maximum atomic E-state index is 8.46. The number of hydrogen-bond donors (Lipinski definition) is 1. The Hall–Kier alpha value is -0.420. The number of rotatable bonds is 4. The average molecular weight is 223 g/mol. The minimum Gasteiger partial charge on any atom is -0.394 e. The van der Waals surface area contributed by atoms with E-state index in [9.17, 15) is 0 Å². The molecule has 0 aliphatic rings. The van der Waals surface area contributed by atoms with E-state index >= 15 is 0 Å². The summed E-state index contributed by atoms with van der Waals surface area (Å²) in [5.41, 5.74) is 0.662. The van der Waals surface area contributed by atoms with Gasteiger partial charge in [-0.3, -0.25) is 0 Å². The van der Waals surface area contributed by atoms with E-state index in [0.717, 1.165) is 0 Å². The van der Waals surface area contributed by atoms with Crippen LogP contribution in [0.25, 0.3) is 0 Å². The Kier molecular flexibility index (Phi) is 4.38. The molecule has 0 bridgehead atoms. The van der Waals surface area contributed by atoms with Gasteiger partial charge in [0.25, 0.3) is 0 Å². The number of nitrogens with zero attached hydrogens (tertiary/aromatic N) is 2. The first-order chi connectivity index (χ1) is 6.24. The van der Waals surface area contributed by atoms with Crippen LogP contribution in [0.4, 0.5) is 0 Å². The van der Waals surface area contributed by atoms with Gasteiger partial charge in [-0.15, -0.1) is 10.2 Å². The first-order valence-electron chi connectivity index (χ1n) is 3.60. The zero-order chi connectivity index (χ0) is 9.68. The first kappa shape index (κ1) is 10.7. The zero-order valence-electron chi connectivity index (χ0n) is 6.70. The van der Waals surface area contributed by atoms with Crippen LogP contribution in [-0.2, 0) is 11.3 Å². The van der Waals surface area contributed by atoms with E-state index in [1.54, 1.807) is 6.07 Å². The van der Waals surface area contributed by atoms with Gasteiger partial charge in [0.05, 0.1) is 19.8 Å². The highest BCUT2D eigenvalue weighted by atomic mass is 35.5. The molecule has 0 aliphatic heterocycles. The summed E-state index contributed by atoms with van der Waals surface area (Å²) in [6.07, 6.45) is 0. The van der Waals surface area contributed by atoms with Gasteiger partial charge in [-0.05, 0) is 6.07 Å². The summed E-state index contributed by atoms with van der Waals surface area (Å²) in [6.45, 7) is 0.509. The number of aliphatic hydroxyl groups excluding tert-OH is 1. The third-order valence-corrected chi connectivity index (χ3v) is 1.79. The van der Waals surface area contributed by atoms with Gasteiger partial charge in [0, 0.05) is 5.56 Å². The van der Waals surface area contributed by atoms with Crippen LogP contribution in [0.1, 0.15) is 5.56 Å². The highest BCUT2D eigenvalue weighted by Crippen LogP contribution is 2.15. The largest absolute Gasteiger partial charge is 0.394 e. The van der Waals surface area contributed by atoms with E-state index < -0.39 is 0 Å². The van der Waals surface area contributed by atoms with Gasteiger partial charge in [-0.25, -0.2) is 0 Å². The Morgan fingerprint density at radius 3 is 2.85 bits per heavy atom. The topological polar surface area (TPSA) is 55.2 Å². The standard InChI is InChI=1S/C7H8Cl2N2O2/c8-6-3-5(4-13-2-1-12)7(9)11-10-6/h3,12H,1-2,4H2. The number of hydrogen-bond acceptors (Lipinski definition) is 4. The van der Waals surface area contributed by atoms with E-state index in [-0.39, 0.29) is 30.1 Å². The molecule has 72 valence electrons. The molecule has 0 saturated carbocycles. The minimum atomic E-state index is -0.0239. The van der Waals surface area contributed by atoms with Crippen LogP contribution in [-0.4, -0.2) is 28.5 Å². The summed E-state index contributed by atoms with van der Waals surface area (Å²) in [7, 11) is 0. The maximum absolute atomic E-state index is 8.46. The Morgan fingerprint density at radius 1 is 1.38 bits per heavy atom. The van der Waals surface area contributed by atoms with E-state index in [0.29, 0.717) is 5.56 Å². The van der Waals surface area contributed by atoms with E-state index in [4.69, 9.17) is 33.0 Å². The van der Waals surface area contributed by atoms with Crippen LogP contribution in [0.3, 0.4) is 0 Å². The van der Waals surface area contributed by atoms with Crippen LogP contribution < -0.4 is 0 Å². The molecule has 1 heterocycles. The third-order valence-electron chi connectivity index (χ3n) is 1.28. The van der Waals surface area contributed by atoms with Crippen molar-refractivity contribution in [3.05, 3.63) is 21.9 Å². The molecule has 0 unspecified atom stereocenters. The molecular formula is C7H8Cl2N2O2. The second-order valence-electron chi connectivity index (χ2n) is 2.26. The van der Waals surface area contributed by atoms with Gasteiger partial charge < -0.3 is 9.84 Å². The van der Waals surface area contributed by atoms with Crippen molar-refractivity contribution in [1.29, 1.82) is 0 Å². The van der Waals surface area contributed by atoms with Crippen molar-refractivity contribution in [2.75, 3.05) is 13.2 Å². The van der Waals surface area contributed by atoms with E-state index in [2.05, 4.69) is 10.2 Å². The molecule has 0 spiro atoms. The molecule has 13 heavy (non-hydrogen) atoms. The summed E-state index contributed by atoms with van der Waals surface area (Å²) in [6, 6.07) is 1.58. The lowest BCUT2D eigenvalue weighted by atomic mass is 10.3. The van der Waals surface area contributed by atoms with E-state index in [1.165, 1.54) is 0 Å². The highest BCUT2D eigenvalue weighted by molar-refractivity contribution is 6.31. The third kappa shape index (κ3) is 3.44. The minimum absolute atomic E-state index is 0.0239. The molecular weight excluding hydrogens is 215 g/mol. The Balaban J connectivity index is 2.59. The Morgan fingerprint density at radius 2 is 2.15 bits per heavy atom. The molecule has 6 heteroatoms. The van der Waals surface area contributed by atoms with Gasteiger partial charge in [-0.1, -0.05) is 23.2 Å². The summed E-state index contributed by atoms with van der Waals surface area (Å²) in [4.78, 5) is 0. The lowest BCUT2D eigenvalue weighted by Gasteiger charge is -2.03. The molecule has 0 amide bonds. The predicted molar refractivity (Wildman–Crippen MR) is 48.8 cm³/mol. The summed E-state index contributed by atoms with van der Waals surface area (Å²) in [5, 5.41) is 16.1. The molecule has 1 aromatic rings. The fourth-order valence-corrected chi connectivity index (χ4v) is 1.05. The number of aliphatic hydroxyl groups is 1. The van der Waals surface area contributed by atoms with Gasteiger partial charge in [0.2, 0.25) is 0 Å². The summed E-state index contributed by atoms with van der Waals surface area (Å²) in [5.74, 6) is 0. The molecule has 1 aromatic heterocycles. The van der Waals surface area contributed by atoms with Crippen LogP contribution >= 0.6 is 23.2 Å². The number of aromatic nitrogens is 2. The highest BCUT2D eigenvalue weighted by Gasteiger charge is 2.03. The molecule has 0 saturated heterocycles. The lowest BCUT2D eigenvalue weighted by molar-refractivity contribution is 0.0814.